The van der Waals surface area contributed by atoms with Gasteiger partial charge in [-0.25, -0.2) is 8.42 Å². The Hall–Kier alpha value is -3.03. The molecule has 8 heteroatoms. The minimum absolute atomic E-state index is 0.104. The molecule has 0 unspecified atom stereocenters. The molecule has 0 N–H and O–H groups in total. The molecule has 0 bridgehead atoms. The number of nitrogens with zero attached hydrogens (tertiary/aromatic N) is 2. The highest BCUT2D eigenvalue weighted by atomic mass is 35.5. The molecule has 0 radical (unpaired) electrons. The Morgan fingerprint density at radius 2 is 1.67 bits per heavy atom. The molecule has 0 aliphatic heterocycles. The second kappa shape index (κ2) is 10.3. The average molecular weight is 487 g/mol. The third-order valence-electron chi connectivity index (χ3n) is 5.35. The molecule has 0 fully saturated rings. The van der Waals surface area contributed by atoms with Crippen LogP contribution in [-0.2, 0) is 21.4 Å². The molecule has 0 saturated carbocycles. The van der Waals surface area contributed by atoms with Gasteiger partial charge in [-0.1, -0.05) is 53.6 Å². The number of rotatable bonds is 8. The van der Waals surface area contributed by atoms with Gasteiger partial charge in [0.15, 0.2) is 0 Å². The number of methoxy groups -OCH3 is 1. The van der Waals surface area contributed by atoms with Crippen molar-refractivity contribution in [3.05, 3.63) is 88.4 Å². The largest absolute Gasteiger partial charge is 0.496 e. The fourth-order valence-corrected chi connectivity index (χ4v) is 5.05. The molecule has 3 aromatic rings. The maximum Gasteiger partial charge on any atom is 0.264 e. The molecular weight excluding hydrogens is 460 g/mol. The molecular formula is C25H27ClN2O4S. The van der Waals surface area contributed by atoms with Crippen molar-refractivity contribution in [2.75, 3.05) is 25.0 Å². The number of anilines is 1. The van der Waals surface area contributed by atoms with Crippen LogP contribution in [0.5, 0.6) is 5.75 Å². The van der Waals surface area contributed by atoms with Gasteiger partial charge in [0, 0.05) is 24.2 Å². The number of hydrogen-bond donors (Lipinski definition) is 0. The molecule has 0 aromatic heterocycles. The lowest BCUT2D eigenvalue weighted by molar-refractivity contribution is -0.128. The number of aryl methyl sites for hydroxylation is 2. The Labute approximate surface area is 200 Å². The topological polar surface area (TPSA) is 66.9 Å². The van der Waals surface area contributed by atoms with Crippen LogP contribution < -0.4 is 9.04 Å². The average Bonchev–Trinajstić information content (AvgIpc) is 2.79. The van der Waals surface area contributed by atoms with E-state index in [2.05, 4.69) is 0 Å². The predicted molar refractivity (Wildman–Crippen MR) is 131 cm³/mol. The minimum Gasteiger partial charge on any atom is -0.496 e. The number of carbonyl (C=O) groups excluding carboxylic acids is 1. The molecule has 174 valence electrons. The number of benzene rings is 3. The molecule has 0 spiro atoms. The van der Waals surface area contributed by atoms with Crippen molar-refractivity contribution in [3.63, 3.8) is 0 Å². The van der Waals surface area contributed by atoms with Crippen LogP contribution in [0.15, 0.2) is 71.6 Å². The van der Waals surface area contributed by atoms with Crippen molar-refractivity contribution in [3.8, 4) is 5.75 Å². The summed E-state index contributed by atoms with van der Waals surface area (Å²) in [5.41, 5.74) is 2.81. The van der Waals surface area contributed by atoms with Crippen molar-refractivity contribution in [1.82, 2.24) is 4.90 Å². The van der Waals surface area contributed by atoms with Gasteiger partial charge in [-0.3, -0.25) is 9.10 Å². The van der Waals surface area contributed by atoms with Crippen LogP contribution in [0.3, 0.4) is 0 Å². The van der Waals surface area contributed by atoms with Crippen LogP contribution in [0.25, 0.3) is 0 Å². The minimum atomic E-state index is -4.02. The Morgan fingerprint density at radius 1 is 1.00 bits per heavy atom. The molecule has 0 saturated heterocycles. The van der Waals surface area contributed by atoms with Gasteiger partial charge >= 0.3 is 0 Å². The molecule has 3 aromatic carbocycles. The van der Waals surface area contributed by atoms with Crippen molar-refractivity contribution in [2.45, 2.75) is 25.3 Å². The summed E-state index contributed by atoms with van der Waals surface area (Å²) in [6.45, 7) is 3.57. The van der Waals surface area contributed by atoms with E-state index in [1.165, 1.54) is 4.90 Å². The van der Waals surface area contributed by atoms with Crippen molar-refractivity contribution < 1.29 is 17.9 Å². The summed E-state index contributed by atoms with van der Waals surface area (Å²) in [4.78, 5) is 14.8. The molecule has 33 heavy (non-hydrogen) atoms. The summed E-state index contributed by atoms with van der Waals surface area (Å²) in [5.74, 6) is 0.294. The van der Waals surface area contributed by atoms with E-state index >= 15 is 0 Å². The number of sulfonamides is 1. The van der Waals surface area contributed by atoms with Crippen LogP contribution in [0.1, 0.15) is 16.7 Å². The number of halogens is 1. The molecule has 0 heterocycles. The third kappa shape index (κ3) is 5.67. The molecule has 3 rings (SSSR count). The summed E-state index contributed by atoms with van der Waals surface area (Å²) >= 11 is 6.19. The predicted octanol–water partition coefficient (Wildman–Crippen LogP) is 4.82. The third-order valence-corrected chi connectivity index (χ3v) is 7.36. The second-order valence-corrected chi connectivity index (χ2v) is 10.1. The Kier molecular flexibility index (Phi) is 7.66. The maximum absolute atomic E-state index is 13.6. The summed E-state index contributed by atoms with van der Waals surface area (Å²) in [7, 11) is -0.819. The zero-order chi connectivity index (χ0) is 24.2. The summed E-state index contributed by atoms with van der Waals surface area (Å²) < 4.78 is 33.7. The van der Waals surface area contributed by atoms with Crippen LogP contribution in [0.4, 0.5) is 5.69 Å². The first-order chi connectivity index (χ1) is 15.6. The smallest absolute Gasteiger partial charge is 0.264 e. The molecule has 0 aliphatic carbocycles. The lowest BCUT2D eigenvalue weighted by Gasteiger charge is -2.28. The van der Waals surface area contributed by atoms with E-state index in [0.29, 0.717) is 22.0 Å². The highest BCUT2D eigenvalue weighted by Crippen LogP contribution is 2.30. The maximum atomic E-state index is 13.6. The fraction of sp³-hybridized carbons (Fsp3) is 0.240. The lowest BCUT2D eigenvalue weighted by Crippen LogP contribution is -2.41. The zero-order valence-electron chi connectivity index (χ0n) is 19.1. The van der Waals surface area contributed by atoms with Crippen molar-refractivity contribution in [2.24, 2.45) is 0 Å². The summed E-state index contributed by atoms with van der Waals surface area (Å²) in [5, 5.41) is 0.384. The highest BCUT2D eigenvalue weighted by Gasteiger charge is 2.29. The number of para-hydroxylation sites is 1. The number of likely N-dealkylation sites (N-methyl/N-ethyl adjacent to an activating group) is 1. The number of ether oxygens (including phenoxy) is 1. The van der Waals surface area contributed by atoms with Gasteiger partial charge in [0.05, 0.1) is 17.7 Å². The summed E-state index contributed by atoms with van der Waals surface area (Å²) in [6, 6.07) is 18.9. The van der Waals surface area contributed by atoms with Crippen molar-refractivity contribution in [1.29, 1.82) is 0 Å². The van der Waals surface area contributed by atoms with Gasteiger partial charge in [-0.05, 0) is 49.7 Å². The SMILES string of the molecule is COc1ccccc1CN(C)C(=O)CN(c1cc(Cl)ccc1C)S(=O)(=O)c1ccc(C)cc1. The van der Waals surface area contributed by atoms with Gasteiger partial charge in [-0.2, -0.15) is 0 Å². The quantitative estimate of drug-likeness (QED) is 0.458. The fourth-order valence-electron chi connectivity index (χ4n) is 3.41. The number of hydrogen-bond acceptors (Lipinski definition) is 4. The number of amides is 1. The first kappa shape index (κ1) is 24.6. The van der Waals surface area contributed by atoms with E-state index in [-0.39, 0.29) is 23.9 Å². The normalized spacial score (nSPS) is 11.2. The van der Waals surface area contributed by atoms with Gasteiger partial charge in [-0.15, -0.1) is 0 Å². The highest BCUT2D eigenvalue weighted by molar-refractivity contribution is 7.92. The Bertz CT molecular complexity index is 1240. The molecule has 0 atom stereocenters. The first-order valence-electron chi connectivity index (χ1n) is 10.3. The molecule has 6 nitrogen and oxygen atoms in total. The Morgan fingerprint density at radius 3 is 2.33 bits per heavy atom. The van der Waals surface area contributed by atoms with E-state index in [9.17, 15) is 13.2 Å². The van der Waals surface area contributed by atoms with Gasteiger partial charge in [0.1, 0.15) is 12.3 Å². The Balaban J connectivity index is 1.97. The van der Waals surface area contributed by atoms with E-state index in [0.717, 1.165) is 15.4 Å². The van der Waals surface area contributed by atoms with Crippen LogP contribution in [-0.4, -0.2) is 39.9 Å². The first-order valence-corrected chi connectivity index (χ1v) is 12.2. The van der Waals surface area contributed by atoms with Crippen LogP contribution in [0.2, 0.25) is 5.02 Å². The molecule has 1 amide bonds. The molecule has 0 aliphatic rings. The zero-order valence-corrected chi connectivity index (χ0v) is 20.7. The van der Waals surface area contributed by atoms with Gasteiger partial charge in [0.25, 0.3) is 10.0 Å². The monoisotopic (exact) mass is 486 g/mol. The lowest BCUT2D eigenvalue weighted by atomic mass is 10.2. The van der Waals surface area contributed by atoms with E-state index in [4.69, 9.17) is 16.3 Å². The number of carbonyl (C=O) groups is 1. The second-order valence-electron chi connectivity index (χ2n) is 7.82. The van der Waals surface area contributed by atoms with E-state index < -0.39 is 10.0 Å². The van der Waals surface area contributed by atoms with Crippen LogP contribution >= 0.6 is 11.6 Å². The van der Waals surface area contributed by atoms with Gasteiger partial charge in [0.2, 0.25) is 5.91 Å². The standard InChI is InChI=1S/C25H27ClN2O4S/c1-18-9-13-22(14-10-18)33(30,31)28(23-15-21(26)12-11-19(23)2)17-25(29)27(3)16-20-7-5-6-8-24(20)32-4/h5-15H,16-17H2,1-4H3. The van der Waals surface area contributed by atoms with E-state index in [1.807, 2.05) is 31.2 Å². The van der Waals surface area contributed by atoms with E-state index in [1.54, 1.807) is 63.5 Å². The summed E-state index contributed by atoms with van der Waals surface area (Å²) in [6.07, 6.45) is 0. The van der Waals surface area contributed by atoms with Crippen LogP contribution in [0, 0.1) is 13.8 Å². The van der Waals surface area contributed by atoms with Crippen molar-refractivity contribution >= 4 is 33.2 Å². The van der Waals surface area contributed by atoms with Gasteiger partial charge < -0.3 is 9.64 Å².